The molecule has 0 amide bonds. The van der Waals surface area contributed by atoms with Crippen molar-refractivity contribution in [3.63, 3.8) is 0 Å². The predicted molar refractivity (Wildman–Crippen MR) is 67.3 cm³/mol. The topological polar surface area (TPSA) is 88.4 Å². The average Bonchev–Trinajstić information content (AvgIpc) is 3.01. The summed E-state index contributed by atoms with van der Waals surface area (Å²) in [5.74, 6) is 1.03. The smallest absolute Gasteiger partial charge is 0.266 e. The first-order valence-corrected chi connectivity index (χ1v) is 5.91. The van der Waals surface area contributed by atoms with Gasteiger partial charge in [0.25, 0.3) is 11.8 Å². The molecule has 2 aromatic rings. The number of rotatable bonds is 2. The van der Waals surface area contributed by atoms with Gasteiger partial charge in [0.1, 0.15) is 5.75 Å². The third kappa shape index (κ3) is 1.85. The molecule has 0 bridgehead atoms. The summed E-state index contributed by atoms with van der Waals surface area (Å²) < 4.78 is 5.20. The van der Waals surface area contributed by atoms with Gasteiger partial charge in [0.15, 0.2) is 0 Å². The Bertz CT molecular complexity index is 561. The van der Waals surface area contributed by atoms with Crippen molar-refractivity contribution in [2.75, 3.05) is 23.7 Å². The number of nitrogen functional groups attached to an aromatic ring is 1. The lowest BCUT2D eigenvalue weighted by Gasteiger charge is -2.09. The van der Waals surface area contributed by atoms with Crippen LogP contribution in [-0.2, 0) is 0 Å². The Kier molecular flexibility index (Phi) is 2.55. The van der Waals surface area contributed by atoms with E-state index in [0.717, 1.165) is 25.9 Å². The molecule has 94 valence electrons. The van der Waals surface area contributed by atoms with Crippen LogP contribution in [0.1, 0.15) is 12.8 Å². The first-order valence-electron chi connectivity index (χ1n) is 5.91. The molecule has 3 N–H and O–H groups in total. The van der Waals surface area contributed by atoms with E-state index in [1.54, 1.807) is 12.1 Å². The number of anilines is 2. The van der Waals surface area contributed by atoms with E-state index < -0.39 is 0 Å². The van der Waals surface area contributed by atoms with Gasteiger partial charge in [-0.1, -0.05) is 0 Å². The summed E-state index contributed by atoms with van der Waals surface area (Å²) in [5.41, 5.74) is 6.54. The van der Waals surface area contributed by atoms with Crippen LogP contribution < -0.4 is 10.6 Å². The van der Waals surface area contributed by atoms with Crippen LogP contribution in [-0.4, -0.2) is 28.3 Å². The fourth-order valence-electron chi connectivity index (χ4n) is 2.06. The minimum Gasteiger partial charge on any atom is -0.506 e. The predicted octanol–water partition coefficient (Wildman–Crippen LogP) is 1.62. The monoisotopic (exact) mass is 246 g/mol. The Morgan fingerprint density at radius 1 is 1.28 bits per heavy atom. The minimum atomic E-state index is 0.0217. The summed E-state index contributed by atoms with van der Waals surface area (Å²) >= 11 is 0. The second-order valence-electron chi connectivity index (χ2n) is 4.37. The number of aromatic hydroxyl groups is 1. The molecule has 0 unspecified atom stereocenters. The van der Waals surface area contributed by atoms with Crippen LogP contribution in [0.2, 0.25) is 0 Å². The van der Waals surface area contributed by atoms with E-state index in [9.17, 15) is 5.11 Å². The highest BCUT2D eigenvalue weighted by Gasteiger charge is 2.18. The molecule has 3 rings (SSSR count). The van der Waals surface area contributed by atoms with Gasteiger partial charge in [-0.3, -0.25) is 0 Å². The number of phenols is 1. The average molecular weight is 246 g/mol. The molecule has 0 radical (unpaired) electrons. The van der Waals surface area contributed by atoms with E-state index >= 15 is 0 Å². The highest BCUT2D eigenvalue weighted by Crippen LogP contribution is 2.28. The van der Waals surface area contributed by atoms with Crippen LogP contribution in [0, 0.1) is 0 Å². The third-order valence-corrected chi connectivity index (χ3v) is 3.08. The molecule has 1 aliphatic rings. The van der Waals surface area contributed by atoms with E-state index in [0.29, 0.717) is 23.1 Å². The van der Waals surface area contributed by atoms with E-state index in [4.69, 9.17) is 10.3 Å². The van der Waals surface area contributed by atoms with Crippen LogP contribution in [0.3, 0.4) is 0 Å². The van der Waals surface area contributed by atoms with Gasteiger partial charge in [0.2, 0.25) is 0 Å². The van der Waals surface area contributed by atoms with Crippen molar-refractivity contribution in [2.45, 2.75) is 12.8 Å². The van der Waals surface area contributed by atoms with Gasteiger partial charge in [0, 0.05) is 18.7 Å². The summed E-state index contributed by atoms with van der Waals surface area (Å²) in [7, 11) is 0. The van der Waals surface area contributed by atoms with Crippen LogP contribution in [0.25, 0.3) is 11.5 Å². The molecule has 18 heavy (non-hydrogen) atoms. The van der Waals surface area contributed by atoms with Gasteiger partial charge in [-0.05, 0) is 36.2 Å². The summed E-state index contributed by atoms with van der Waals surface area (Å²) in [6.07, 6.45) is 2.32. The summed E-state index contributed by atoms with van der Waals surface area (Å²) in [6, 6.07) is 4.89. The van der Waals surface area contributed by atoms with Crippen molar-refractivity contribution in [1.82, 2.24) is 10.1 Å². The first-order chi connectivity index (χ1) is 8.74. The van der Waals surface area contributed by atoms with E-state index in [-0.39, 0.29) is 5.75 Å². The molecule has 1 aromatic heterocycles. The Morgan fingerprint density at radius 2 is 2.06 bits per heavy atom. The van der Waals surface area contributed by atoms with Gasteiger partial charge in [-0.2, -0.15) is 4.98 Å². The Morgan fingerprint density at radius 3 is 2.78 bits per heavy atom. The molecular weight excluding hydrogens is 232 g/mol. The number of nitrogens with two attached hydrogens (primary N) is 1. The maximum Gasteiger partial charge on any atom is 0.266 e. The quantitative estimate of drug-likeness (QED) is 0.618. The third-order valence-electron chi connectivity index (χ3n) is 3.08. The van der Waals surface area contributed by atoms with Crippen LogP contribution in [0.4, 0.5) is 11.6 Å². The number of hydrogen-bond acceptors (Lipinski definition) is 6. The molecule has 1 aromatic carbocycles. The molecule has 6 heteroatoms. The summed E-state index contributed by atoms with van der Waals surface area (Å²) in [6.45, 7) is 1.93. The lowest BCUT2D eigenvalue weighted by molar-refractivity contribution is 0.429. The molecule has 0 aliphatic carbocycles. The highest BCUT2D eigenvalue weighted by atomic mass is 16.5. The number of phenolic OH excluding ortho intramolecular Hbond substituents is 1. The molecule has 2 heterocycles. The van der Waals surface area contributed by atoms with Gasteiger partial charge in [0.05, 0.1) is 5.69 Å². The van der Waals surface area contributed by atoms with Crippen molar-refractivity contribution in [3.05, 3.63) is 18.2 Å². The molecular formula is C12H14N4O2. The molecule has 1 saturated heterocycles. The number of aromatic nitrogens is 2. The zero-order chi connectivity index (χ0) is 12.5. The fraction of sp³-hybridized carbons (Fsp3) is 0.333. The summed E-state index contributed by atoms with van der Waals surface area (Å²) in [5, 5.41) is 13.5. The Hall–Kier alpha value is -2.24. The van der Waals surface area contributed by atoms with E-state index in [1.165, 1.54) is 6.07 Å². The van der Waals surface area contributed by atoms with Crippen LogP contribution in [0.5, 0.6) is 5.75 Å². The van der Waals surface area contributed by atoms with Crippen molar-refractivity contribution < 1.29 is 9.63 Å². The van der Waals surface area contributed by atoms with Gasteiger partial charge in [-0.25, -0.2) is 0 Å². The molecule has 0 spiro atoms. The van der Waals surface area contributed by atoms with Crippen molar-refractivity contribution in [2.24, 2.45) is 0 Å². The van der Waals surface area contributed by atoms with Crippen molar-refractivity contribution in [3.8, 4) is 17.2 Å². The van der Waals surface area contributed by atoms with E-state index in [1.807, 2.05) is 0 Å². The van der Waals surface area contributed by atoms with Crippen molar-refractivity contribution in [1.29, 1.82) is 0 Å². The van der Waals surface area contributed by atoms with Gasteiger partial charge >= 0.3 is 0 Å². The standard InChI is InChI=1S/C12H14N4O2/c13-9-4-3-8(7-10(9)17)11-14-12(15-18-11)16-5-1-2-6-16/h3-4,7,17H,1-2,5-6,13H2. The van der Waals surface area contributed by atoms with Gasteiger partial charge in [-0.15, -0.1) is 0 Å². The Labute approximate surface area is 104 Å². The van der Waals surface area contributed by atoms with Crippen LogP contribution >= 0.6 is 0 Å². The minimum absolute atomic E-state index is 0.0217. The fourth-order valence-corrected chi connectivity index (χ4v) is 2.06. The normalized spacial score (nSPS) is 15.2. The second kappa shape index (κ2) is 4.21. The second-order valence-corrected chi connectivity index (χ2v) is 4.37. The van der Waals surface area contributed by atoms with Crippen molar-refractivity contribution >= 4 is 11.6 Å². The maximum atomic E-state index is 9.55. The Balaban J connectivity index is 1.89. The zero-order valence-electron chi connectivity index (χ0n) is 9.83. The number of benzene rings is 1. The van der Waals surface area contributed by atoms with Gasteiger partial charge < -0.3 is 20.3 Å². The summed E-state index contributed by atoms with van der Waals surface area (Å²) in [4.78, 5) is 6.42. The van der Waals surface area contributed by atoms with Crippen LogP contribution in [0.15, 0.2) is 22.7 Å². The molecule has 6 nitrogen and oxygen atoms in total. The molecule has 0 saturated carbocycles. The van der Waals surface area contributed by atoms with E-state index in [2.05, 4.69) is 15.0 Å². The first kappa shape index (κ1) is 10.9. The highest BCUT2D eigenvalue weighted by molar-refractivity contribution is 5.64. The molecule has 1 fully saturated rings. The zero-order valence-corrected chi connectivity index (χ0v) is 9.83. The lowest BCUT2D eigenvalue weighted by Crippen LogP contribution is -2.18. The SMILES string of the molecule is Nc1ccc(-c2nc(N3CCCC3)no2)cc1O. The number of hydrogen-bond donors (Lipinski definition) is 2. The molecule has 1 aliphatic heterocycles. The largest absolute Gasteiger partial charge is 0.506 e. The molecule has 0 atom stereocenters. The lowest BCUT2D eigenvalue weighted by atomic mass is 10.2. The number of nitrogens with zero attached hydrogens (tertiary/aromatic N) is 3. The maximum absolute atomic E-state index is 9.55.